The number of piperidine rings is 1. The predicted molar refractivity (Wildman–Crippen MR) is 104 cm³/mol. The molecule has 0 radical (unpaired) electrons. The molecule has 1 aromatic carbocycles. The maximum atomic E-state index is 5.39. The monoisotopic (exact) mass is 357 g/mol. The zero-order valence-electron chi connectivity index (χ0n) is 16.4. The minimum atomic E-state index is 0.480. The second kappa shape index (κ2) is 8.58. The highest BCUT2D eigenvalue weighted by molar-refractivity contribution is 5.38. The molecule has 0 bridgehead atoms. The van der Waals surface area contributed by atoms with Gasteiger partial charge in [-0.05, 0) is 49.5 Å². The van der Waals surface area contributed by atoms with Gasteiger partial charge in [-0.15, -0.1) is 0 Å². The van der Waals surface area contributed by atoms with Crippen molar-refractivity contribution in [2.24, 2.45) is 5.92 Å². The van der Waals surface area contributed by atoms with Gasteiger partial charge in [-0.25, -0.2) is 4.98 Å². The summed E-state index contributed by atoms with van der Waals surface area (Å²) in [5.74, 6) is 4.13. The van der Waals surface area contributed by atoms with Crippen LogP contribution >= 0.6 is 0 Å². The summed E-state index contributed by atoms with van der Waals surface area (Å²) >= 11 is 0. The molecule has 1 fully saturated rings. The maximum Gasteiger partial charge on any atom is 0.122 e. The van der Waals surface area contributed by atoms with E-state index in [0.29, 0.717) is 5.92 Å². The Morgan fingerprint density at radius 1 is 1.08 bits per heavy atom. The lowest BCUT2D eigenvalue weighted by atomic mass is 9.96. The Morgan fingerprint density at radius 3 is 2.31 bits per heavy atom. The molecule has 0 N–H and O–H groups in total. The van der Waals surface area contributed by atoms with E-state index in [4.69, 9.17) is 9.47 Å². The van der Waals surface area contributed by atoms with Gasteiger partial charge >= 0.3 is 0 Å². The summed E-state index contributed by atoms with van der Waals surface area (Å²) in [5.41, 5.74) is 1.25. The SMILES string of the molecule is COc1cc(CN2CCC(Cn3ccnc3C(C)C)CC2)cc(OC)c1. The zero-order chi connectivity index (χ0) is 18.5. The van der Waals surface area contributed by atoms with Gasteiger partial charge in [0, 0.05) is 37.5 Å². The molecule has 1 aromatic heterocycles. The Hall–Kier alpha value is -2.01. The molecule has 5 heteroatoms. The molecule has 0 aliphatic carbocycles. The molecule has 26 heavy (non-hydrogen) atoms. The van der Waals surface area contributed by atoms with Gasteiger partial charge in [0.25, 0.3) is 0 Å². The highest BCUT2D eigenvalue weighted by Gasteiger charge is 2.21. The third-order valence-corrected chi connectivity index (χ3v) is 5.24. The first-order valence-corrected chi connectivity index (χ1v) is 9.54. The number of ether oxygens (including phenoxy) is 2. The molecule has 142 valence electrons. The van der Waals surface area contributed by atoms with Crippen LogP contribution < -0.4 is 9.47 Å². The number of hydrogen-bond acceptors (Lipinski definition) is 4. The first-order valence-electron chi connectivity index (χ1n) is 9.54. The summed E-state index contributed by atoms with van der Waals surface area (Å²) in [7, 11) is 3.40. The molecular weight excluding hydrogens is 326 g/mol. The Morgan fingerprint density at radius 2 is 1.73 bits per heavy atom. The smallest absolute Gasteiger partial charge is 0.122 e. The van der Waals surface area contributed by atoms with Crippen LogP contribution in [0.3, 0.4) is 0 Å². The normalized spacial score (nSPS) is 16.2. The number of benzene rings is 1. The van der Waals surface area contributed by atoms with E-state index >= 15 is 0 Å². The number of rotatable bonds is 7. The topological polar surface area (TPSA) is 39.5 Å². The van der Waals surface area contributed by atoms with Crippen molar-refractivity contribution in [3.63, 3.8) is 0 Å². The van der Waals surface area contributed by atoms with E-state index in [0.717, 1.165) is 43.6 Å². The van der Waals surface area contributed by atoms with E-state index in [1.54, 1.807) is 14.2 Å². The van der Waals surface area contributed by atoms with Gasteiger partial charge < -0.3 is 14.0 Å². The van der Waals surface area contributed by atoms with Gasteiger partial charge in [0.1, 0.15) is 17.3 Å². The number of hydrogen-bond donors (Lipinski definition) is 0. The fourth-order valence-electron chi connectivity index (χ4n) is 3.80. The first kappa shape index (κ1) is 18.8. The number of methoxy groups -OCH3 is 2. The summed E-state index contributed by atoms with van der Waals surface area (Å²) in [4.78, 5) is 7.04. The van der Waals surface area contributed by atoms with Crippen molar-refractivity contribution >= 4 is 0 Å². The van der Waals surface area contributed by atoms with E-state index in [1.807, 2.05) is 12.3 Å². The molecule has 1 saturated heterocycles. The van der Waals surface area contributed by atoms with Crippen LogP contribution in [-0.2, 0) is 13.1 Å². The molecule has 3 rings (SSSR count). The lowest BCUT2D eigenvalue weighted by Crippen LogP contribution is -2.34. The van der Waals surface area contributed by atoms with Crippen LogP contribution in [0.1, 0.15) is 44.0 Å². The second-order valence-corrected chi connectivity index (χ2v) is 7.53. The summed E-state index contributed by atoms with van der Waals surface area (Å²) in [5, 5.41) is 0. The van der Waals surface area contributed by atoms with Crippen molar-refractivity contribution in [2.75, 3.05) is 27.3 Å². The highest BCUT2D eigenvalue weighted by Crippen LogP contribution is 2.26. The summed E-state index contributed by atoms with van der Waals surface area (Å²) in [6.07, 6.45) is 6.53. The van der Waals surface area contributed by atoms with Crippen LogP contribution in [0.4, 0.5) is 0 Å². The fraction of sp³-hybridized carbons (Fsp3) is 0.571. The van der Waals surface area contributed by atoms with Gasteiger partial charge in [-0.1, -0.05) is 13.8 Å². The van der Waals surface area contributed by atoms with Crippen LogP contribution in [0, 0.1) is 5.92 Å². The minimum absolute atomic E-state index is 0.480. The standard InChI is InChI=1S/C21H31N3O2/c1-16(2)21-22-7-10-24(21)15-17-5-8-23(9-6-17)14-18-11-19(25-3)13-20(12-18)26-4/h7,10-13,16-17H,5-6,8-9,14-15H2,1-4H3. The number of imidazole rings is 1. The molecule has 5 nitrogen and oxygen atoms in total. The van der Waals surface area contributed by atoms with Crippen molar-refractivity contribution in [1.29, 1.82) is 0 Å². The van der Waals surface area contributed by atoms with E-state index < -0.39 is 0 Å². The predicted octanol–water partition coefficient (Wildman–Crippen LogP) is 3.94. The molecular formula is C21H31N3O2. The average Bonchev–Trinajstić information content (AvgIpc) is 3.11. The maximum absolute atomic E-state index is 5.39. The lowest BCUT2D eigenvalue weighted by molar-refractivity contribution is 0.166. The third-order valence-electron chi connectivity index (χ3n) is 5.24. The Balaban J connectivity index is 1.55. The van der Waals surface area contributed by atoms with E-state index in [9.17, 15) is 0 Å². The van der Waals surface area contributed by atoms with Gasteiger partial charge in [0.2, 0.25) is 0 Å². The molecule has 1 aliphatic heterocycles. The van der Waals surface area contributed by atoms with Crippen LogP contribution in [0.25, 0.3) is 0 Å². The van der Waals surface area contributed by atoms with Gasteiger partial charge in [-0.2, -0.15) is 0 Å². The Labute approximate surface area is 156 Å². The van der Waals surface area contributed by atoms with Crippen molar-refractivity contribution in [2.45, 2.75) is 45.7 Å². The summed E-state index contributed by atoms with van der Waals surface area (Å²) < 4.78 is 13.1. The second-order valence-electron chi connectivity index (χ2n) is 7.53. The van der Waals surface area contributed by atoms with E-state index in [1.165, 1.54) is 24.2 Å². The fourth-order valence-corrected chi connectivity index (χ4v) is 3.80. The molecule has 2 aromatic rings. The highest BCUT2D eigenvalue weighted by atomic mass is 16.5. The van der Waals surface area contributed by atoms with Crippen LogP contribution in [0.15, 0.2) is 30.6 Å². The van der Waals surface area contributed by atoms with Crippen molar-refractivity contribution in [3.05, 3.63) is 42.0 Å². The number of likely N-dealkylation sites (tertiary alicyclic amines) is 1. The first-order chi connectivity index (χ1) is 12.6. The van der Waals surface area contributed by atoms with E-state index in [2.05, 4.69) is 46.6 Å². The molecule has 0 atom stereocenters. The van der Waals surface area contributed by atoms with Crippen LogP contribution in [-0.4, -0.2) is 41.8 Å². The molecule has 0 saturated carbocycles. The van der Waals surface area contributed by atoms with Crippen molar-refractivity contribution in [1.82, 2.24) is 14.5 Å². The van der Waals surface area contributed by atoms with Crippen LogP contribution in [0.5, 0.6) is 11.5 Å². The molecule has 1 aliphatic rings. The minimum Gasteiger partial charge on any atom is -0.497 e. The Bertz CT molecular complexity index is 681. The van der Waals surface area contributed by atoms with Gasteiger partial charge in [0.05, 0.1) is 14.2 Å². The third kappa shape index (κ3) is 4.58. The number of nitrogens with zero attached hydrogens (tertiary/aromatic N) is 3. The summed E-state index contributed by atoms with van der Waals surface area (Å²) in [6.45, 7) is 8.73. The van der Waals surface area contributed by atoms with Gasteiger partial charge in [-0.3, -0.25) is 4.90 Å². The molecule has 2 heterocycles. The number of aromatic nitrogens is 2. The quantitative estimate of drug-likeness (QED) is 0.752. The van der Waals surface area contributed by atoms with Gasteiger partial charge in [0.15, 0.2) is 0 Å². The zero-order valence-corrected chi connectivity index (χ0v) is 16.4. The van der Waals surface area contributed by atoms with Crippen molar-refractivity contribution in [3.8, 4) is 11.5 Å². The van der Waals surface area contributed by atoms with E-state index in [-0.39, 0.29) is 0 Å². The molecule has 0 spiro atoms. The Kier molecular flexibility index (Phi) is 6.20. The lowest BCUT2D eigenvalue weighted by Gasteiger charge is -2.32. The largest absolute Gasteiger partial charge is 0.497 e. The van der Waals surface area contributed by atoms with Crippen LogP contribution in [0.2, 0.25) is 0 Å². The summed E-state index contributed by atoms with van der Waals surface area (Å²) in [6, 6.07) is 6.14. The molecule has 0 amide bonds. The molecule has 0 unspecified atom stereocenters. The average molecular weight is 357 g/mol. The van der Waals surface area contributed by atoms with Crippen molar-refractivity contribution < 1.29 is 9.47 Å².